The Hall–Kier alpha value is -3.09. The number of amides is 1. The van der Waals surface area contributed by atoms with Crippen LogP contribution >= 0.6 is 0 Å². The molecule has 7 nitrogen and oxygen atoms in total. The highest BCUT2D eigenvalue weighted by Gasteiger charge is 2.22. The molecule has 0 aliphatic heterocycles. The maximum atomic E-state index is 12.7. The summed E-state index contributed by atoms with van der Waals surface area (Å²) in [6.07, 6.45) is 4.58. The van der Waals surface area contributed by atoms with Crippen LogP contribution in [0.4, 0.5) is 0 Å². The third-order valence-electron chi connectivity index (χ3n) is 5.04. The molecule has 7 heteroatoms. The van der Waals surface area contributed by atoms with Crippen molar-refractivity contribution in [1.29, 1.82) is 0 Å². The number of aromatic nitrogens is 2. The fraction of sp³-hybridized carbons (Fsp3) is 0.409. The van der Waals surface area contributed by atoms with Crippen LogP contribution < -0.4 is 10.4 Å². The summed E-state index contributed by atoms with van der Waals surface area (Å²) in [5.74, 6) is 1.16. The summed E-state index contributed by atoms with van der Waals surface area (Å²) < 4.78 is 13.3. The number of hydrogen-bond acceptors (Lipinski definition) is 5. The Kier molecular flexibility index (Phi) is 6.06. The molecule has 0 aliphatic carbocycles. The standard InChI is InChI=1S/C22H27N3O4/c1-6-7-16-12-20(26)29-21-14(2)18(9-8-17(16)21)28-15(3)22(27)25(5)13-19-23-10-11-24(19)4/h8-12,15H,6-7,13H2,1-5H3. The van der Waals surface area contributed by atoms with Gasteiger partial charge < -0.3 is 18.6 Å². The minimum Gasteiger partial charge on any atom is -0.480 e. The molecule has 0 saturated carbocycles. The first-order chi connectivity index (χ1) is 13.8. The molecule has 1 atom stereocenters. The van der Waals surface area contributed by atoms with Crippen molar-refractivity contribution in [3.05, 3.63) is 58.0 Å². The molecule has 2 aromatic heterocycles. The highest BCUT2D eigenvalue weighted by Crippen LogP contribution is 2.29. The Morgan fingerprint density at radius 3 is 2.79 bits per heavy atom. The smallest absolute Gasteiger partial charge is 0.336 e. The van der Waals surface area contributed by atoms with Crippen LogP contribution in [0.3, 0.4) is 0 Å². The second-order valence-corrected chi connectivity index (χ2v) is 7.31. The molecule has 1 aromatic carbocycles. The van der Waals surface area contributed by atoms with Crippen LogP contribution in [0.25, 0.3) is 11.0 Å². The normalized spacial score (nSPS) is 12.2. The largest absolute Gasteiger partial charge is 0.480 e. The van der Waals surface area contributed by atoms with Crippen molar-refractivity contribution < 1.29 is 13.9 Å². The molecule has 0 aliphatic rings. The lowest BCUT2D eigenvalue weighted by Gasteiger charge is -2.23. The number of fused-ring (bicyclic) bond motifs is 1. The summed E-state index contributed by atoms with van der Waals surface area (Å²) in [4.78, 5) is 30.5. The summed E-state index contributed by atoms with van der Waals surface area (Å²) in [7, 11) is 3.61. The van der Waals surface area contributed by atoms with Gasteiger partial charge in [0, 0.05) is 43.5 Å². The van der Waals surface area contributed by atoms with E-state index in [1.807, 2.05) is 36.9 Å². The van der Waals surface area contributed by atoms with E-state index in [0.29, 0.717) is 23.4 Å². The molecule has 0 saturated heterocycles. The highest BCUT2D eigenvalue weighted by atomic mass is 16.5. The number of likely N-dealkylation sites (N-methyl/N-ethyl adjacent to an activating group) is 1. The number of ether oxygens (including phenoxy) is 1. The average molecular weight is 397 g/mol. The Labute approximate surface area is 169 Å². The van der Waals surface area contributed by atoms with E-state index in [-0.39, 0.29) is 11.5 Å². The molecule has 3 rings (SSSR count). The third-order valence-corrected chi connectivity index (χ3v) is 5.04. The molecule has 154 valence electrons. The number of benzene rings is 1. The number of carbonyl (C=O) groups excluding carboxylic acids is 1. The molecule has 0 N–H and O–H groups in total. The molecular weight excluding hydrogens is 370 g/mol. The molecule has 1 unspecified atom stereocenters. The van der Waals surface area contributed by atoms with Gasteiger partial charge in [-0.05, 0) is 38.0 Å². The maximum Gasteiger partial charge on any atom is 0.336 e. The number of imidazole rings is 1. The number of aryl methyl sites for hydroxylation is 3. The van der Waals surface area contributed by atoms with E-state index >= 15 is 0 Å². The summed E-state index contributed by atoms with van der Waals surface area (Å²) in [6.45, 7) is 6.01. The van der Waals surface area contributed by atoms with Crippen molar-refractivity contribution in [3.8, 4) is 5.75 Å². The minimum absolute atomic E-state index is 0.159. The van der Waals surface area contributed by atoms with Crippen LogP contribution in [-0.4, -0.2) is 33.5 Å². The molecule has 1 amide bonds. The zero-order valence-corrected chi connectivity index (χ0v) is 17.6. The monoisotopic (exact) mass is 397 g/mol. The lowest BCUT2D eigenvalue weighted by Crippen LogP contribution is -2.38. The molecular formula is C22H27N3O4. The first-order valence-electron chi connectivity index (χ1n) is 9.76. The maximum absolute atomic E-state index is 12.7. The predicted molar refractivity (Wildman–Crippen MR) is 111 cm³/mol. The van der Waals surface area contributed by atoms with Crippen LogP contribution in [0.5, 0.6) is 5.75 Å². The predicted octanol–water partition coefficient (Wildman–Crippen LogP) is 3.21. The van der Waals surface area contributed by atoms with Crippen molar-refractivity contribution >= 4 is 16.9 Å². The number of carbonyl (C=O) groups is 1. The molecule has 0 bridgehead atoms. The van der Waals surface area contributed by atoms with E-state index < -0.39 is 6.10 Å². The van der Waals surface area contributed by atoms with E-state index in [2.05, 4.69) is 11.9 Å². The summed E-state index contributed by atoms with van der Waals surface area (Å²) in [5.41, 5.74) is 1.82. The van der Waals surface area contributed by atoms with Gasteiger partial charge in [0.25, 0.3) is 5.91 Å². The average Bonchev–Trinajstić information content (AvgIpc) is 3.08. The molecule has 29 heavy (non-hydrogen) atoms. The van der Waals surface area contributed by atoms with E-state index in [1.165, 1.54) is 0 Å². The van der Waals surface area contributed by atoms with Crippen LogP contribution in [0.2, 0.25) is 0 Å². The van der Waals surface area contributed by atoms with E-state index in [0.717, 1.165) is 29.6 Å². The highest BCUT2D eigenvalue weighted by molar-refractivity contribution is 5.85. The fourth-order valence-electron chi connectivity index (χ4n) is 3.40. The third kappa shape index (κ3) is 4.34. The quantitative estimate of drug-likeness (QED) is 0.572. The summed E-state index contributed by atoms with van der Waals surface area (Å²) in [6, 6.07) is 5.27. The topological polar surface area (TPSA) is 77.6 Å². The van der Waals surface area contributed by atoms with Crippen molar-refractivity contribution in [2.24, 2.45) is 7.05 Å². The van der Waals surface area contributed by atoms with Gasteiger partial charge in [-0.15, -0.1) is 0 Å². The number of hydrogen-bond donors (Lipinski definition) is 0. The number of nitrogens with zero attached hydrogens (tertiary/aromatic N) is 3. The van der Waals surface area contributed by atoms with Gasteiger partial charge in [0.1, 0.15) is 17.2 Å². The second kappa shape index (κ2) is 8.51. The van der Waals surface area contributed by atoms with Gasteiger partial charge >= 0.3 is 5.63 Å². The van der Waals surface area contributed by atoms with Crippen molar-refractivity contribution in [2.75, 3.05) is 7.05 Å². The summed E-state index contributed by atoms with van der Waals surface area (Å²) >= 11 is 0. The van der Waals surface area contributed by atoms with E-state index in [4.69, 9.17) is 9.15 Å². The first kappa shape index (κ1) is 20.6. The second-order valence-electron chi connectivity index (χ2n) is 7.31. The van der Waals surface area contributed by atoms with Crippen molar-refractivity contribution in [2.45, 2.75) is 46.3 Å². The summed E-state index contributed by atoms with van der Waals surface area (Å²) in [5, 5.41) is 0.905. The van der Waals surface area contributed by atoms with Crippen LogP contribution in [0, 0.1) is 6.92 Å². The first-order valence-corrected chi connectivity index (χ1v) is 9.76. The van der Waals surface area contributed by atoms with Gasteiger partial charge in [-0.25, -0.2) is 9.78 Å². The van der Waals surface area contributed by atoms with Crippen LogP contribution in [0.1, 0.15) is 37.2 Å². The van der Waals surface area contributed by atoms with Gasteiger partial charge in [0.2, 0.25) is 0 Å². The van der Waals surface area contributed by atoms with E-state index in [9.17, 15) is 9.59 Å². The van der Waals surface area contributed by atoms with Crippen LogP contribution in [0.15, 0.2) is 39.8 Å². The Balaban J connectivity index is 1.81. The fourth-order valence-corrected chi connectivity index (χ4v) is 3.40. The zero-order chi connectivity index (χ0) is 21.1. The number of rotatable bonds is 7. The lowest BCUT2D eigenvalue weighted by atomic mass is 10.0. The molecule has 0 radical (unpaired) electrons. The van der Waals surface area contributed by atoms with Gasteiger partial charge in [0.15, 0.2) is 6.10 Å². The Morgan fingerprint density at radius 1 is 1.38 bits per heavy atom. The van der Waals surface area contributed by atoms with Gasteiger partial charge in [-0.2, -0.15) is 0 Å². The van der Waals surface area contributed by atoms with Gasteiger partial charge in [-0.3, -0.25) is 4.79 Å². The Bertz CT molecular complexity index is 1080. The molecule has 2 heterocycles. The molecule has 3 aromatic rings. The van der Waals surface area contributed by atoms with E-state index in [1.54, 1.807) is 31.1 Å². The SMILES string of the molecule is CCCc1cc(=O)oc2c(C)c(OC(C)C(=O)N(C)Cc3nccn3C)ccc12. The molecule has 0 fully saturated rings. The van der Waals surface area contributed by atoms with Gasteiger partial charge in [-0.1, -0.05) is 13.3 Å². The molecule has 0 spiro atoms. The van der Waals surface area contributed by atoms with Gasteiger partial charge in [0.05, 0.1) is 6.54 Å². The zero-order valence-electron chi connectivity index (χ0n) is 17.6. The lowest BCUT2D eigenvalue weighted by molar-refractivity contribution is -0.137. The minimum atomic E-state index is -0.693. The van der Waals surface area contributed by atoms with Crippen LogP contribution in [-0.2, 0) is 24.8 Å². The van der Waals surface area contributed by atoms with Crippen molar-refractivity contribution in [1.82, 2.24) is 14.5 Å². The van der Waals surface area contributed by atoms with Crippen molar-refractivity contribution in [3.63, 3.8) is 0 Å². The Morgan fingerprint density at radius 2 is 2.14 bits per heavy atom.